The molecule has 2 aromatic rings. The zero-order chi connectivity index (χ0) is 17.1. The molecule has 2 atom stereocenters. The van der Waals surface area contributed by atoms with Crippen molar-refractivity contribution >= 4 is 39.0 Å². The Bertz CT molecular complexity index is 758. The number of carbonyl (C=O) groups excluding carboxylic acids is 2. The monoisotopic (exact) mass is 348 g/mol. The summed E-state index contributed by atoms with van der Waals surface area (Å²) in [5, 5.41) is 3.76. The lowest BCUT2D eigenvalue weighted by Crippen LogP contribution is -2.29. The van der Waals surface area contributed by atoms with Gasteiger partial charge >= 0.3 is 5.97 Å². The molecule has 0 bridgehead atoms. The number of thiophene rings is 1. The van der Waals surface area contributed by atoms with Gasteiger partial charge in [-0.05, 0) is 49.4 Å². The molecule has 0 aliphatic carbocycles. The van der Waals surface area contributed by atoms with Crippen molar-refractivity contribution in [3.8, 4) is 0 Å². The molecule has 7 heteroatoms. The van der Waals surface area contributed by atoms with Crippen LogP contribution in [0.4, 0.5) is 5.69 Å². The average Bonchev–Trinajstić information content (AvgIpc) is 3.21. The molecule has 1 saturated heterocycles. The highest BCUT2D eigenvalue weighted by atomic mass is 32.1. The van der Waals surface area contributed by atoms with Gasteiger partial charge in [0.15, 0.2) is 0 Å². The Morgan fingerprint density at radius 1 is 1.38 bits per heavy atom. The SMILES string of the molecule is CCOC(=O)c1cc2cc(NC(=O)[C@@H]3CC[C@H](CN)O3)ccc2s1. The third-order valence-corrected chi connectivity index (χ3v) is 5.02. The lowest BCUT2D eigenvalue weighted by Gasteiger charge is -2.12. The fraction of sp³-hybridized carbons (Fsp3) is 0.412. The van der Waals surface area contributed by atoms with Crippen molar-refractivity contribution < 1.29 is 19.1 Å². The van der Waals surface area contributed by atoms with Crippen molar-refractivity contribution in [1.82, 2.24) is 0 Å². The number of fused-ring (bicyclic) bond motifs is 1. The Hall–Kier alpha value is -1.96. The number of nitrogens with one attached hydrogen (secondary N) is 1. The molecule has 1 aromatic heterocycles. The van der Waals surface area contributed by atoms with E-state index in [1.165, 1.54) is 11.3 Å². The fourth-order valence-corrected chi connectivity index (χ4v) is 3.66. The van der Waals surface area contributed by atoms with E-state index in [1.54, 1.807) is 13.0 Å². The van der Waals surface area contributed by atoms with Gasteiger partial charge in [0.25, 0.3) is 5.91 Å². The summed E-state index contributed by atoms with van der Waals surface area (Å²) in [5.41, 5.74) is 6.25. The maximum absolute atomic E-state index is 12.3. The number of benzene rings is 1. The first kappa shape index (κ1) is 16.9. The predicted molar refractivity (Wildman–Crippen MR) is 93.4 cm³/mol. The molecule has 128 valence electrons. The summed E-state index contributed by atoms with van der Waals surface area (Å²) < 4.78 is 11.6. The van der Waals surface area contributed by atoms with Crippen LogP contribution in [0.15, 0.2) is 24.3 Å². The molecule has 6 nitrogen and oxygen atoms in total. The van der Waals surface area contributed by atoms with Gasteiger partial charge in [0.05, 0.1) is 12.7 Å². The summed E-state index contributed by atoms with van der Waals surface area (Å²) in [6, 6.07) is 7.34. The van der Waals surface area contributed by atoms with Gasteiger partial charge in [0, 0.05) is 16.9 Å². The van der Waals surface area contributed by atoms with Crippen LogP contribution >= 0.6 is 11.3 Å². The normalized spacial score (nSPS) is 20.2. The lowest BCUT2D eigenvalue weighted by molar-refractivity contribution is -0.126. The number of carbonyl (C=O) groups is 2. The number of esters is 1. The quantitative estimate of drug-likeness (QED) is 0.810. The van der Waals surface area contributed by atoms with Gasteiger partial charge in [-0.1, -0.05) is 0 Å². The zero-order valence-electron chi connectivity index (χ0n) is 13.4. The summed E-state index contributed by atoms with van der Waals surface area (Å²) in [6.07, 6.45) is 1.00. The number of hydrogen-bond donors (Lipinski definition) is 2. The van der Waals surface area contributed by atoms with Gasteiger partial charge in [-0.25, -0.2) is 4.79 Å². The van der Waals surface area contributed by atoms with E-state index in [-0.39, 0.29) is 18.0 Å². The van der Waals surface area contributed by atoms with Crippen molar-refractivity contribution in [1.29, 1.82) is 0 Å². The molecule has 2 heterocycles. The van der Waals surface area contributed by atoms with Crippen LogP contribution in [0.25, 0.3) is 10.1 Å². The highest BCUT2D eigenvalue weighted by Crippen LogP contribution is 2.29. The summed E-state index contributed by atoms with van der Waals surface area (Å²) in [6.45, 7) is 2.56. The second kappa shape index (κ2) is 7.29. The Balaban J connectivity index is 1.71. The molecule has 1 fully saturated rings. The number of rotatable bonds is 5. The Morgan fingerprint density at radius 2 is 2.21 bits per heavy atom. The molecule has 0 unspecified atom stereocenters. The van der Waals surface area contributed by atoms with Crippen molar-refractivity contribution in [2.75, 3.05) is 18.5 Å². The average molecular weight is 348 g/mol. The fourth-order valence-electron chi connectivity index (χ4n) is 2.72. The molecule has 1 aliphatic rings. The number of hydrogen-bond acceptors (Lipinski definition) is 6. The first-order chi connectivity index (χ1) is 11.6. The zero-order valence-corrected chi connectivity index (χ0v) is 14.2. The molecule has 0 saturated carbocycles. The molecular weight excluding hydrogens is 328 g/mol. The van der Waals surface area contributed by atoms with E-state index in [2.05, 4.69) is 5.32 Å². The Morgan fingerprint density at radius 3 is 2.92 bits per heavy atom. The molecule has 1 aliphatic heterocycles. The van der Waals surface area contributed by atoms with E-state index < -0.39 is 6.10 Å². The minimum Gasteiger partial charge on any atom is -0.462 e. The standard InChI is InChI=1S/C17H20N2O4S/c1-2-22-17(21)15-8-10-7-11(3-6-14(10)24-15)19-16(20)13-5-4-12(9-18)23-13/h3,6-8,12-13H,2,4-5,9,18H2,1H3,(H,19,20)/t12-,13+/m1/s1. The first-order valence-corrected chi connectivity index (χ1v) is 8.79. The van der Waals surface area contributed by atoms with E-state index in [0.29, 0.717) is 30.1 Å². The minimum absolute atomic E-state index is 0.0350. The molecule has 0 spiro atoms. The second-order valence-corrected chi connectivity index (χ2v) is 6.72. The van der Waals surface area contributed by atoms with E-state index in [0.717, 1.165) is 16.5 Å². The van der Waals surface area contributed by atoms with E-state index >= 15 is 0 Å². The van der Waals surface area contributed by atoms with Crippen LogP contribution in [0.5, 0.6) is 0 Å². The molecule has 1 amide bonds. The van der Waals surface area contributed by atoms with Crippen molar-refractivity contribution in [3.05, 3.63) is 29.1 Å². The highest BCUT2D eigenvalue weighted by Gasteiger charge is 2.29. The van der Waals surface area contributed by atoms with Crippen LogP contribution in [0.1, 0.15) is 29.4 Å². The summed E-state index contributed by atoms with van der Waals surface area (Å²) in [4.78, 5) is 24.6. The van der Waals surface area contributed by atoms with Crippen molar-refractivity contribution in [2.45, 2.75) is 32.0 Å². The van der Waals surface area contributed by atoms with Gasteiger partial charge in [-0.15, -0.1) is 11.3 Å². The first-order valence-electron chi connectivity index (χ1n) is 7.97. The lowest BCUT2D eigenvalue weighted by atomic mass is 10.2. The molecule has 1 aromatic carbocycles. The molecule has 3 N–H and O–H groups in total. The van der Waals surface area contributed by atoms with Crippen LogP contribution in [-0.2, 0) is 14.3 Å². The van der Waals surface area contributed by atoms with Gasteiger partial charge in [0.1, 0.15) is 11.0 Å². The van der Waals surface area contributed by atoms with Crippen LogP contribution in [-0.4, -0.2) is 37.2 Å². The summed E-state index contributed by atoms with van der Waals surface area (Å²) in [5.74, 6) is -0.484. The van der Waals surface area contributed by atoms with E-state index in [1.807, 2.05) is 18.2 Å². The van der Waals surface area contributed by atoms with Gasteiger partial charge in [-0.3, -0.25) is 4.79 Å². The maximum atomic E-state index is 12.3. The van der Waals surface area contributed by atoms with E-state index in [9.17, 15) is 9.59 Å². The van der Waals surface area contributed by atoms with Gasteiger partial charge in [0.2, 0.25) is 0 Å². The molecule has 3 rings (SSSR count). The number of amides is 1. The third-order valence-electron chi connectivity index (χ3n) is 3.92. The Labute approximate surface area is 143 Å². The predicted octanol–water partition coefficient (Wildman–Crippen LogP) is 2.52. The molecular formula is C17H20N2O4S. The number of anilines is 1. The summed E-state index contributed by atoms with van der Waals surface area (Å²) in [7, 11) is 0. The minimum atomic E-state index is -0.452. The second-order valence-electron chi connectivity index (χ2n) is 5.63. The van der Waals surface area contributed by atoms with Crippen molar-refractivity contribution in [2.24, 2.45) is 5.73 Å². The van der Waals surface area contributed by atoms with Crippen LogP contribution in [0.3, 0.4) is 0 Å². The maximum Gasteiger partial charge on any atom is 0.348 e. The number of nitrogens with two attached hydrogens (primary N) is 1. The van der Waals surface area contributed by atoms with E-state index in [4.69, 9.17) is 15.2 Å². The van der Waals surface area contributed by atoms with Crippen molar-refractivity contribution in [3.63, 3.8) is 0 Å². The van der Waals surface area contributed by atoms with Gasteiger partial charge in [-0.2, -0.15) is 0 Å². The molecule has 0 radical (unpaired) electrons. The van der Waals surface area contributed by atoms with Crippen LogP contribution < -0.4 is 11.1 Å². The van der Waals surface area contributed by atoms with Crippen LogP contribution in [0, 0.1) is 0 Å². The van der Waals surface area contributed by atoms with Gasteiger partial charge < -0.3 is 20.5 Å². The molecule has 24 heavy (non-hydrogen) atoms. The Kier molecular flexibility index (Phi) is 5.13. The number of ether oxygens (including phenoxy) is 2. The topological polar surface area (TPSA) is 90.7 Å². The third kappa shape index (κ3) is 3.58. The smallest absolute Gasteiger partial charge is 0.348 e. The largest absolute Gasteiger partial charge is 0.462 e. The summed E-state index contributed by atoms with van der Waals surface area (Å²) >= 11 is 1.38. The van der Waals surface area contributed by atoms with Crippen LogP contribution in [0.2, 0.25) is 0 Å². The highest BCUT2D eigenvalue weighted by molar-refractivity contribution is 7.20.